The number of aryl methyl sites for hydroxylation is 1. The molecule has 7 aromatic rings. The first-order valence-corrected chi connectivity index (χ1v) is 10.2. The predicted molar refractivity (Wildman–Crippen MR) is 124 cm³/mol. The largest absolute Gasteiger partial charge is 0.313 e. The Morgan fingerprint density at radius 1 is 0.600 bits per heavy atom. The van der Waals surface area contributed by atoms with Gasteiger partial charge in [0.15, 0.2) is 0 Å². The number of benzene rings is 4. The summed E-state index contributed by atoms with van der Waals surface area (Å²) in [4.78, 5) is 4.92. The fourth-order valence-corrected chi connectivity index (χ4v) is 4.90. The van der Waals surface area contributed by atoms with Gasteiger partial charge in [-0.2, -0.15) is 0 Å². The molecule has 0 amide bonds. The SMILES string of the molecule is Cn1c2ccccc2n2c3cc(-n4c5ccccc5c5ccccc54)ccc3nc12. The third-order valence-corrected chi connectivity index (χ3v) is 6.24. The summed E-state index contributed by atoms with van der Waals surface area (Å²) in [7, 11) is 2.08. The van der Waals surface area contributed by atoms with Crippen LogP contribution >= 0.6 is 0 Å². The van der Waals surface area contributed by atoms with Gasteiger partial charge in [-0.3, -0.25) is 4.40 Å². The fraction of sp³-hybridized carbons (Fsp3) is 0.0385. The lowest BCUT2D eigenvalue weighted by atomic mass is 10.2. The summed E-state index contributed by atoms with van der Waals surface area (Å²) in [5, 5.41) is 2.55. The van der Waals surface area contributed by atoms with Gasteiger partial charge in [0.05, 0.1) is 33.1 Å². The van der Waals surface area contributed by atoms with Crippen LogP contribution in [0.4, 0.5) is 0 Å². The first kappa shape index (κ1) is 15.8. The fourth-order valence-electron chi connectivity index (χ4n) is 4.90. The van der Waals surface area contributed by atoms with E-state index in [1.807, 2.05) is 0 Å². The molecule has 4 nitrogen and oxygen atoms in total. The van der Waals surface area contributed by atoms with E-state index in [-0.39, 0.29) is 0 Å². The van der Waals surface area contributed by atoms with Crippen LogP contribution in [-0.4, -0.2) is 18.5 Å². The van der Waals surface area contributed by atoms with Gasteiger partial charge in [-0.1, -0.05) is 48.5 Å². The summed E-state index contributed by atoms with van der Waals surface area (Å²) >= 11 is 0. The summed E-state index contributed by atoms with van der Waals surface area (Å²) in [6.45, 7) is 0. The van der Waals surface area contributed by atoms with Crippen LogP contribution in [0, 0.1) is 0 Å². The summed E-state index contributed by atoms with van der Waals surface area (Å²) in [5.41, 5.74) is 8.08. The van der Waals surface area contributed by atoms with Crippen LogP contribution in [0.3, 0.4) is 0 Å². The number of para-hydroxylation sites is 4. The quantitative estimate of drug-likeness (QED) is 0.336. The molecular formula is C26H18N4. The maximum Gasteiger partial charge on any atom is 0.215 e. The molecule has 0 aliphatic heterocycles. The van der Waals surface area contributed by atoms with E-state index in [1.54, 1.807) is 0 Å². The number of fused-ring (bicyclic) bond motifs is 8. The molecule has 0 bridgehead atoms. The highest BCUT2D eigenvalue weighted by Crippen LogP contribution is 2.33. The topological polar surface area (TPSA) is 27.2 Å². The second-order valence-electron chi connectivity index (χ2n) is 7.84. The Kier molecular flexibility index (Phi) is 2.91. The van der Waals surface area contributed by atoms with E-state index in [1.165, 1.54) is 32.8 Å². The Morgan fingerprint density at radius 3 is 1.90 bits per heavy atom. The van der Waals surface area contributed by atoms with Crippen molar-refractivity contribution in [2.24, 2.45) is 7.05 Å². The number of hydrogen-bond donors (Lipinski definition) is 0. The minimum atomic E-state index is 0.963. The molecule has 3 heterocycles. The Morgan fingerprint density at radius 2 is 1.20 bits per heavy atom. The number of rotatable bonds is 1. The summed E-state index contributed by atoms with van der Waals surface area (Å²) in [6.07, 6.45) is 0. The summed E-state index contributed by atoms with van der Waals surface area (Å²) < 4.78 is 6.78. The van der Waals surface area contributed by atoms with Crippen LogP contribution in [0.1, 0.15) is 0 Å². The van der Waals surface area contributed by atoms with Crippen LogP contribution in [-0.2, 0) is 7.05 Å². The van der Waals surface area contributed by atoms with Gasteiger partial charge in [-0.25, -0.2) is 4.98 Å². The van der Waals surface area contributed by atoms with Crippen LogP contribution in [0.5, 0.6) is 0 Å². The minimum absolute atomic E-state index is 0.963. The van der Waals surface area contributed by atoms with Crippen LogP contribution in [0.2, 0.25) is 0 Å². The normalized spacial score (nSPS) is 12.2. The lowest BCUT2D eigenvalue weighted by Crippen LogP contribution is -1.94. The second-order valence-corrected chi connectivity index (χ2v) is 7.84. The molecule has 0 fully saturated rings. The van der Waals surface area contributed by atoms with E-state index < -0.39 is 0 Å². The molecule has 30 heavy (non-hydrogen) atoms. The van der Waals surface area contributed by atoms with Crippen molar-refractivity contribution < 1.29 is 0 Å². The zero-order valence-corrected chi connectivity index (χ0v) is 16.4. The smallest absolute Gasteiger partial charge is 0.215 e. The molecule has 0 saturated heterocycles. The van der Waals surface area contributed by atoms with Crippen molar-refractivity contribution >= 4 is 49.7 Å². The lowest BCUT2D eigenvalue weighted by molar-refractivity contribution is 0.973. The highest BCUT2D eigenvalue weighted by molar-refractivity contribution is 6.09. The zero-order chi connectivity index (χ0) is 19.8. The van der Waals surface area contributed by atoms with Gasteiger partial charge < -0.3 is 9.13 Å². The van der Waals surface area contributed by atoms with Gasteiger partial charge in [0.25, 0.3) is 0 Å². The lowest BCUT2D eigenvalue weighted by Gasteiger charge is -2.08. The van der Waals surface area contributed by atoms with Gasteiger partial charge in [0, 0.05) is 23.5 Å². The molecule has 0 aliphatic carbocycles. The average Bonchev–Trinajstić information content (AvgIpc) is 3.42. The zero-order valence-electron chi connectivity index (χ0n) is 16.4. The maximum absolute atomic E-state index is 4.92. The molecule has 0 unspecified atom stereocenters. The van der Waals surface area contributed by atoms with Crippen LogP contribution < -0.4 is 0 Å². The van der Waals surface area contributed by atoms with Gasteiger partial charge in [0.1, 0.15) is 0 Å². The average molecular weight is 386 g/mol. The highest BCUT2D eigenvalue weighted by atomic mass is 15.2. The molecule has 0 N–H and O–H groups in total. The third kappa shape index (κ3) is 1.88. The van der Waals surface area contributed by atoms with Crippen molar-refractivity contribution in [3.05, 3.63) is 91.0 Å². The van der Waals surface area contributed by atoms with Crippen molar-refractivity contribution in [1.82, 2.24) is 18.5 Å². The Hall–Kier alpha value is -4.05. The van der Waals surface area contributed by atoms with Crippen LogP contribution in [0.25, 0.3) is 55.3 Å². The van der Waals surface area contributed by atoms with E-state index in [2.05, 4.69) is 112 Å². The summed E-state index contributed by atoms with van der Waals surface area (Å²) in [6, 6.07) is 32.3. The molecule has 4 aromatic carbocycles. The number of imidazole rings is 2. The maximum atomic E-state index is 4.92. The van der Waals surface area contributed by atoms with Gasteiger partial charge in [-0.05, 0) is 42.5 Å². The van der Waals surface area contributed by atoms with Gasteiger partial charge >= 0.3 is 0 Å². The molecule has 0 radical (unpaired) electrons. The Labute approximate surface area is 172 Å². The van der Waals surface area contributed by atoms with E-state index >= 15 is 0 Å². The Bertz CT molecular complexity index is 1710. The van der Waals surface area contributed by atoms with Crippen molar-refractivity contribution in [2.45, 2.75) is 0 Å². The van der Waals surface area contributed by atoms with E-state index in [0.717, 1.165) is 22.5 Å². The first-order chi connectivity index (χ1) is 14.8. The molecule has 0 aliphatic rings. The molecular weight excluding hydrogens is 368 g/mol. The van der Waals surface area contributed by atoms with Gasteiger partial charge in [-0.15, -0.1) is 0 Å². The number of aromatic nitrogens is 4. The molecule has 4 heteroatoms. The number of nitrogens with zero attached hydrogens (tertiary/aromatic N) is 4. The third-order valence-electron chi connectivity index (χ3n) is 6.24. The highest BCUT2D eigenvalue weighted by Gasteiger charge is 2.16. The van der Waals surface area contributed by atoms with Crippen molar-refractivity contribution in [1.29, 1.82) is 0 Å². The molecule has 0 saturated carbocycles. The summed E-state index contributed by atoms with van der Waals surface area (Å²) in [5.74, 6) is 0.963. The Balaban J connectivity index is 1.63. The molecule has 3 aromatic heterocycles. The van der Waals surface area contributed by atoms with Crippen LogP contribution in [0.15, 0.2) is 91.0 Å². The molecule has 0 spiro atoms. The predicted octanol–water partition coefficient (Wildman–Crippen LogP) is 6.08. The minimum Gasteiger partial charge on any atom is -0.313 e. The molecule has 142 valence electrons. The van der Waals surface area contributed by atoms with Crippen molar-refractivity contribution in [3.63, 3.8) is 0 Å². The monoisotopic (exact) mass is 386 g/mol. The van der Waals surface area contributed by atoms with Gasteiger partial charge in [0.2, 0.25) is 5.78 Å². The van der Waals surface area contributed by atoms with E-state index in [4.69, 9.17) is 4.98 Å². The van der Waals surface area contributed by atoms with Crippen molar-refractivity contribution in [3.8, 4) is 5.69 Å². The van der Waals surface area contributed by atoms with E-state index in [0.29, 0.717) is 0 Å². The number of hydrogen-bond acceptors (Lipinski definition) is 1. The van der Waals surface area contributed by atoms with E-state index in [9.17, 15) is 0 Å². The molecule has 7 rings (SSSR count). The molecule has 0 atom stereocenters. The first-order valence-electron chi connectivity index (χ1n) is 10.2. The second kappa shape index (κ2) is 5.51. The van der Waals surface area contributed by atoms with Crippen molar-refractivity contribution in [2.75, 3.05) is 0 Å². The standard InChI is InChI=1S/C26H18N4/c1-28-23-12-6-7-13-24(23)30-25-16-17(14-15-20(25)27-26(28)30)29-21-10-4-2-8-18(21)19-9-3-5-11-22(19)29/h2-16H,1H3.